The maximum absolute atomic E-state index is 13.7. The zero-order valence-electron chi connectivity index (χ0n) is 20.3. The van der Waals surface area contributed by atoms with Crippen LogP contribution in [-0.2, 0) is 34.5 Å². The minimum atomic E-state index is -4.57. The Morgan fingerprint density at radius 2 is 2.03 bits per heavy atom. The predicted octanol–water partition coefficient (Wildman–Crippen LogP) is 3.37. The van der Waals surface area contributed by atoms with Gasteiger partial charge in [0, 0.05) is 18.0 Å². The van der Waals surface area contributed by atoms with Gasteiger partial charge in [0.05, 0.1) is 34.1 Å². The number of amides is 1. The van der Waals surface area contributed by atoms with Crippen LogP contribution in [0.1, 0.15) is 29.7 Å². The van der Waals surface area contributed by atoms with Crippen LogP contribution in [0.4, 0.5) is 18.9 Å². The number of carbonyl (C=O) groups is 1. The Morgan fingerprint density at radius 1 is 1.23 bits per heavy atom. The molecule has 39 heavy (non-hydrogen) atoms. The van der Waals surface area contributed by atoms with E-state index in [0.717, 1.165) is 22.7 Å². The first-order valence-electron chi connectivity index (χ1n) is 12.1. The molecule has 1 amide bonds. The van der Waals surface area contributed by atoms with Crippen molar-refractivity contribution in [1.82, 2.24) is 29.5 Å². The van der Waals surface area contributed by atoms with Crippen molar-refractivity contribution in [2.24, 2.45) is 0 Å². The number of nitrogens with zero attached hydrogens (tertiary/aromatic N) is 5. The number of aromatic nitrogens is 5. The monoisotopic (exact) mass is 559 g/mol. The highest BCUT2D eigenvalue weighted by atomic mass is 35.5. The van der Waals surface area contributed by atoms with Crippen molar-refractivity contribution in [3.8, 4) is 11.4 Å². The van der Waals surface area contributed by atoms with Gasteiger partial charge >= 0.3 is 6.18 Å². The summed E-state index contributed by atoms with van der Waals surface area (Å²) < 4.78 is 48.0. The average Bonchev–Trinajstić information content (AvgIpc) is 3.51. The number of hydrogen-bond donors (Lipinski definition) is 2. The third kappa shape index (κ3) is 4.45. The molecule has 5 heterocycles. The van der Waals surface area contributed by atoms with Crippen LogP contribution in [0.25, 0.3) is 17.2 Å². The Morgan fingerprint density at radius 3 is 2.72 bits per heavy atom. The lowest BCUT2D eigenvalue weighted by Gasteiger charge is -2.33. The van der Waals surface area contributed by atoms with Crippen LogP contribution >= 0.6 is 11.6 Å². The molecule has 14 heteroatoms. The van der Waals surface area contributed by atoms with E-state index in [4.69, 9.17) is 16.3 Å². The summed E-state index contributed by atoms with van der Waals surface area (Å²) >= 11 is 6.04. The number of carbonyl (C=O) groups excluding carboxylic acids is 1. The highest BCUT2D eigenvalue weighted by Gasteiger charge is 2.46. The molecule has 1 aromatic carbocycles. The summed E-state index contributed by atoms with van der Waals surface area (Å²) in [5.41, 5.74) is -0.576. The first kappa shape index (κ1) is 25.5. The van der Waals surface area contributed by atoms with Gasteiger partial charge in [-0.15, -0.1) is 5.10 Å². The van der Waals surface area contributed by atoms with Crippen LogP contribution in [0.2, 0.25) is 5.02 Å². The van der Waals surface area contributed by atoms with Gasteiger partial charge in [-0.1, -0.05) is 11.6 Å². The summed E-state index contributed by atoms with van der Waals surface area (Å²) in [6.07, 6.45) is -0.273. The summed E-state index contributed by atoms with van der Waals surface area (Å²) in [4.78, 5) is 35.6. The molecule has 2 aliphatic rings. The minimum Gasteiger partial charge on any atom is -0.364 e. The van der Waals surface area contributed by atoms with Gasteiger partial charge in [0.15, 0.2) is 5.82 Å². The smallest absolute Gasteiger partial charge is 0.364 e. The van der Waals surface area contributed by atoms with Gasteiger partial charge in [0.2, 0.25) is 11.7 Å². The van der Waals surface area contributed by atoms with Crippen molar-refractivity contribution in [1.29, 1.82) is 0 Å². The molecular formula is C25H21ClF3N7O3. The van der Waals surface area contributed by atoms with Gasteiger partial charge in [-0.25, -0.2) is 0 Å². The second-order valence-corrected chi connectivity index (χ2v) is 9.78. The van der Waals surface area contributed by atoms with Crippen LogP contribution in [0, 0.1) is 0 Å². The summed E-state index contributed by atoms with van der Waals surface area (Å²) in [5, 5.41) is 10.0. The summed E-state index contributed by atoms with van der Waals surface area (Å²) in [7, 11) is 0. The number of pyridine rings is 1. The molecule has 4 aromatic rings. The van der Waals surface area contributed by atoms with Gasteiger partial charge in [-0.2, -0.15) is 22.7 Å². The van der Waals surface area contributed by atoms with Crippen molar-refractivity contribution in [3.63, 3.8) is 0 Å². The van der Waals surface area contributed by atoms with E-state index in [0.29, 0.717) is 42.8 Å². The van der Waals surface area contributed by atoms with Crippen molar-refractivity contribution in [3.05, 3.63) is 74.9 Å². The molecule has 0 saturated carbocycles. The summed E-state index contributed by atoms with van der Waals surface area (Å²) in [6.45, 7) is 1.08. The number of alkyl halides is 3. The van der Waals surface area contributed by atoms with Crippen LogP contribution in [0.5, 0.6) is 0 Å². The lowest BCUT2D eigenvalue weighted by Crippen LogP contribution is -2.43. The molecule has 202 valence electrons. The molecule has 2 aliphatic heterocycles. The third-order valence-corrected chi connectivity index (χ3v) is 7.31. The molecule has 0 radical (unpaired) electrons. The lowest BCUT2D eigenvalue weighted by molar-refractivity contribution is -0.137. The number of rotatable bonds is 4. The van der Waals surface area contributed by atoms with E-state index in [1.165, 1.54) is 0 Å². The molecule has 0 unspecified atom stereocenters. The van der Waals surface area contributed by atoms with E-state index in [1.807, 2.05) is 0 Å². The largest absolute Gasteiger partial charge is 0.416 e. The quantitative estimate of drug-likeness (QED) is 0.394. The first-order valence-corrected chi connectivity index (χ1v) is 12.5. The van der Waals surface area contributed by atoms with Gasteiger partial charge < -0.3 is 19.9 Å². The maximum atomic E-state index is 13.7. The number of ether oxygens (including phenoxy) is 1. The van der Waals surface area contributed by atoms with Gasteiger partial charge in [0.25, 0.3) is 5.56 Å². The predicted molar refractivity (Wildman–Crippen MR) is 134 cm³/mol. The standard InChI is InChI=1S/C25H21ClF3N7O3/c26-16-10-15(25(27,28)29)3-4-17(16)32-19(37)12-35-18-13-39-24(5-8-30-9-6-24)20(18)22(38)36-23(35)33-21(34-36)14-2-1-7-31-11-14/h1-4,7,10-11,30H,5-6,8-9,12-13H2,(H,32,37). The highest BCUT2D eigenvalue weighted by molar-refractivity contribution is 6.33. The third-order valence-electron chi connectivity index (χ3n) is 7.00. The number of fused-ring (bicyclic) bond motifs is 3. The van der Waals surface area contributed by atoms with E-state index < -0.39 is 23.2 Å². The highest BCUT2D eigenvalue weighted by Crippen LogP contribution is 2.41. The van der Waals surface area contributed by atoms with E-state index in [1.54, 1.807) is 29.1 Å². The zero-order chi connectivity index (χ0) is 27.4. The molecule has 1 spiro atoms. The topological polar surface area (TPSA) is 115 Å². The van der Waals surface area contributed by atoms with Crippen LogP contribution in [-0.4, -0.2) is 43.1 Å². The molecule has 3 aromatic heterocycles. The number of halogens is 4. The van der Waals surface area contributed by atoms with Gasteiger partial charge in [0.1, 0.15) is 12.1 Å². The summed E-state index contributed by atoms with van der Waals surface area (Å²) in [6, 6.07) is 6.15. The maximum Gasteiger partial charge on any atom is 0.416 e. The van der Waals surface area contributed by atoms with E-state index >= 15 is 0 Å². The lowest BCUT2D eigenvalue weighted by atomic mass is 9.86. The Kier molecular flexibility index (Phi) is 6.16. The normalized spacial score (nSPS) is 16.5. The number of hydrogen-bond acceptors (Lipinski definition) is 7. The van der Waals surface area contributed by atoms with Gasteiger partial charge in [-0.3, -0.25) is 14.6 Å². The SMILES string of the molecule is O=C(Cn1c2c(c(=O)n3nc(-c4cccnc4)nc13)C1(CCNCC1)OC2)Nc1ccc(C(F)(F)F)cc1Cl. The molecule has 0 bridgehead atoms. The Balaban J connectivity index is 1.43. The number of anilines is 1. The molecule has 10 nitrogen and oxygen atoms in total. The fraction of sp³-hybridized carbons (Fsp3) is 0.320. The van der Waals surface area contributed by atoms with Crippen molar-refractivity contribution in [2.45, 2.75) is 37.8 Å². The Labute approximate surface area is 223 Å². The number of nitrogens with one attached hydrogen (secondary N) is 2. The Bertz CT molecular complexity index is 1650. The van der Waals surface area contributed by atoms with E-state index in [9.17, 15) is 22.8 Å². The van der Waals surface area contributed by atoms with Gasteiger partial charge in [-0.05, 0) is 56.3 Å². The molecule has 2 N–H and O–H groups in total. The second-order valence-electron chi connectivity index (χ2n) is 9.38. The Hall–Kier alpha value is -3.81. The first-order chi connectivity index (χ1) is 18.7. The zero-order valence-corrected chi connectivity index (χ0v) is 21.0. The number of piperidine rings is 1. The molecule has 0 aliphatic carbocycles. The second kappa shape index (κ2) is 9.43. The van der Waals surface area contributed by atoms with Crippen molar-refractivity contribution >= 4 is 29.0 Å². The molecular weight excluding hydrogens is 539 g/mol. The van der Waals surface area contributed by atoms with Crippen molar-refractivity contribution < 1.29 is 22.7 Å². The minimum absolute atomic E-state index is 0.0203. The van der Waals surface area contributed by atoms with Crippen LogP contribution < -0.4 is 16.2 Å². The molecule has 1 fully saturated rings. The average molecular weight is 560 g/mol. The van der Waals surface area contributed by atoms with Crippen molar-refractivity contribution in [2.75, 3.05) is 18.4 Å². The fourth-order valence-corrected chi connectivity index (χ4v) is 5.35. The molecule has 6 rings (SSSR count). The summed E-state index contributed by atoms with van der Waals surface area (Å²) in [5.74, 6) is -0.202. The molecule has 1 saturated heterocycles. The molecule has 0 atom stereocenters. The van der Waals surface area contributed by atoms with Crippen LogP contribution in [0.15, 0.2) is 47.5 Å². The fourth-order valence-electron chi connectivity index (χ4n) is 5.12. The van der Waals surface area contributed by atoms with Crippen LogP contribution in [0.3, 0.4) is 0 Å². The van der Waals surface area contributed by atoms with E-state index in [-0.39, 0.29) is 41.0 Å². The van der Waals surface area contributed by atoms with E-state index in [2.05, 4.69) is 25.7 Å². The number of benzene rings is 1.